The van der Waals surface area contributed by atoms with E-state index in [9.17, 15) is 4.79 Å². The summed E-state index contributed by atoms with van der Waals surface area (Å²) in [5, 5.41) is 0. The Bertz CT molecular complexity index is 337. The van der Waals surface area contributed by atoms with Crippen LogP contribution in [0.3, 0.4) is 0 Å². The fourth-order valence-electron chi connectivity index (χ4n) is 3.68. The van der Waals surface area contributed by atoms with Gasteiger partial charge >= 0.3 is 5.97 Å². The zero-order valence-corrected chi connectivity index (χ0v) is 16.3. The van der Waals surface area contributed by atoms with Gasteiger partial charge in [-0.05, 0) is 39.5 Å². The topological polar surface area (TPSA) is 26.3 Å². The van der Waals surface area contributed by atoms with Gasteiger partial charge in [0.05, 0.1) is 6.61 Å². The van der Waals surface area contributed by atoms with Crippen LogP contribution in [-0.4, -0.2) is 12.6 Å². The summed E-state index contributed by atoms with van der Waals surface area (Å²) in [7, 11) is 0. The van der Waals surface area contributed by atoms with Gasteiger partial charge in [0, 0.05) is 5.57 Å². The number of allylic oxidation sites excluding steroid dienone is 1. The molecule has 0 aromatic carbocycles. The monoisotopic (exact) mass is 336 g/mol. The summed E-state index contributed by atoms with van der Waals surface area (Å²) in [6.45, 7) is 4.33. The zero-order valence-electron chi connectivity index (χ0n) is 16.3. The first kappa shape index (κ1) is 21.3. The average Bonchev–Trinajstić information content (AvgIpc) is 2.58. The number of carbonyl (C=O) groups is 1. The molecule has 1 fully saturated rings. The summed E-state index contributed by atoms with van der Waals surface area (Å²) in [6, 6.07) is 0. The zero-order chi connectivity index (χ0) is 17.5. The van der Waals surface area contributed by atoms with E-state index in [0.717, 1.165) is 18.4 Å². The molecule has 1 rings (SSSR count). The van der Waals surface area contributed by atoms with Gasteiger partial charge in [-0.15, -0.1) is 0 Å². The largest absolute Gasteiger partial charge is 0.463 e. The maximum Gasteiger partial charge on any atom is 0.333 e. The molecule has 0 aliphatic heterocycles. The van der Waals surface area contributed by atoms with Gasteiger partial charge < -0.3 is 4.74 Å². The van der Waals surface area contributed by atoms with Gasteiger partial charge in [0.1, 0.15) is 0 Å². The summed E-state index contributed by atoms with van der Waals surface area (Å²) < 4.78 is 5.21. The molecule has 0 aromatic heterocycles. The van der Waals surface area contributed by atoms with Crippen molar-refractivity contribution in [1.82, 2.24) is 0 Å². The van der Waals surface area contributed by atoms with Crippen molar-refractivity contribution in [2.24, 2.45) is 0 Å². The Morgan fingerprint density at radius 3 is 1.38 bits per heavy atom. The molecular weight excluding hydrogens is 296 g/mol. The molecule has 0 unspecified atom stereocenters. The number of ether oxygens (including phenoxy) is 1. The normalized spacial score (nSPS) is 20.2. The first-order chi connectivity index (χ1) is 11.8. The summed E-state index contributed by atoms with van der Waals surface area (Å²) >= 11 is 0. The highest BCUT2D eigenvalue weighted by Gasteiger charge is 2.11. The molecule has 0 N–H and O–H groups in total. The molecule has 0 atom stereocenters. The highest BCUT2D eigenvalue weighted by molar-refractivity contribution is 5.88. The third kappa shape index (κ3) is 10.2. The third-order valence-corrected chi connectivity index (χ3v) is 5.32. The van der Waals surface area contributed by atoms with Crippen molar-refractivity contribution in [3.63, 3.8) is 0 Å². The Morgan fingerprint density at radius 2 is 1.04 bits per heavy atom. The van der Waals surface area contributed by atoms with Crippen LogP contribution < -0.4 is 0 Å². The molecule has 2 heteroatoms. The van der Waals surface area contributed by atoms with Gasteiger partial charge in [0.15, 0.2) is 0 Å². The van der Waals surface area contributed by atoms with Crippen LogP contribution in [0.25, 0.3) is 0 Å². The fraction of sp³-hybridized carbons (Fsp3) is 0.864. The number of hydrogen-bond donors (Lipinski definition) is 0. The first-order valence-electron chi connectivity index (χ1n) is 10.6. The van der Waals surface area contributed by atoms with Gasteiger partial charge in [0.2, 0.25) is 0 Å². The lowest BCUT2D eigenvalue weighted by atomic mass is 9.96. The summed E-state index contributed by atoms with van der Waals surface area (Å²) in [5.41, 5.74) is 2.24. The molecular formula is C22H40O2. The molecule has 1 aliphatic rings. The maximum atomic E-state index is 12.1. The molecule has 1 saturated carbocycles. The van der Waals surface area contributed by atoms with Crippen LogP contribution in [0.2, 0.25) is 0 Å². The van der Waals surface area contributed by atoms with Crippen molar-refractivity contribution in [2.75, 3.05) is 6.61 Å². The van der Waals surface area contributed by atoms with Crippen molar-refractivity contribution in [2.45, 2.75) is 117 Å². The van der Waals surface area contributed by atoms with E-state index in [1.807, 2.05) is 13.8 Å². The first-order valence-corrected chi connectivity index (χ1v) is 10.6. The summed E-state index contributed by atoms with van der Waals surface area (Å²) in [5.74, 6) is -0.0987. The number of carbonyl (C=O) groups excluding carboxylic acids is 1. The minimum atomic E-state index is -0.0987. The molecule has 140 valence electrons. The molecule has 0 bridgehead atoms. The summed E-state index contributed by atoms with van der Waals surface area (Å²) in [6.07, 6.45) is 21.3. The Morgan fingerprint density at radius 1 is 0.708 bits per heavy atom. The second-order valence-corrected chi connectivity index (χ2v) is 7.40. The third-order valence-electron chi connectivity index (χ3n) is 5.32. The van der Waals surface area contributed by atoms with E-state index in [2.05, 4.69) is 0 Å². The van der Waals surface area contributed by atoms with E-state index >= 15 is 0 Å². The minimum absolute atomic E-state index is 0.0987. The molecule has 0 spiro atoms. The average molecular weight is 337 g/mol. The van der Waals surface area contributed by atoms with Crippen molar-refractivity contribution in [3.05, 3.63) is 11.1 Å². The summed E-state index contributed by atoms with van der Waals surface area (Å²) in [4.78, 5) is 12.1. The second-order valence-electron chi connectivity index (χ2n) is 7.40. The Labute approximate surface area is 150 Å². The van der Waals surface area contributed by atoms with E-state index in [1.54, 1.807) is 0 Å². The van der Waals surface area contributed by atoms with Crippen molar-refractivity contribution >= 4 is 5.97 Å². The van der Waals surface area contributed by atoms with Crippen molar-refractivity contribution in [3.8, 4) is 0 Å². The SMILES string of the molecule is CCOC(=O)C(C)=C1CCCCCCCCCCCCCCCC1. The molecule has 1 aliphatic carbocycles. The van der Waals surface area contributed by atoms with E-state index in [1.165, 1.54) is 95.5 Å². The van der Waals surface area contributed by atoms with Crippen molar-refractivity contribution in [1.29, 1.82) is 0 Å². The van der Waals surface area contributed by atoms with Crippen LogP contribution >= 0.6 is 0 Å². The second kappa shape index (κ2) is 14.5. The standard InChI is InChI=1S/C22H40O2/c1-3-24-22(23)20(2)21-18-16-14-12-10-8-6-4-5-7-9-11-13-15-17-19-21/h3-19H2,1-2H3. The maximum absolute atomic E-state index is 12.1. The number of rotatable bonds is 2. The molecule has 0 heterocycles. The Balaban J connectivity index is 2.52. The van der Waals surface area contributed by atoms with Gasteiger partial charge in [-0.3, -0.25) is 0 Å². The Hall–Kier alpha value is -0.790. The van der Waals surface area contributed by atoms with E-state index in [-0.39, 0.29) is 5.97 Å². The van der Waals surface area contributed by atoms with Crippen LogP contribution in [0.5, 0.6) is 0 Å². The van der Waals surface area contributed by atoms with Crippen molar-refractivity contribution < 1.29 is 9.53 Å². The predicted molar refractivity (Wildman–Crippen MR) is 103 cm³/mol. The van der Waals surface area contributed by atoms with Gasteiger partial charge in [-0.25, -0.2) is 4.79 Å². The quantitative estimate of drug-likeness (QED) is 0.396. The number of hydrogen-bond acceptors (Lipinski definition) is 2. The lowest BCUT2D eigenvalue weighted by Crippen LogP contribution is -2.08. The van der Waals surface area contributed by atoms with Crippen LogP contribution in [0.4, 0.5) is 0 Å². The number of esters is 1. The lowest BCUT2D eigenvalue weighted by Gasteiger charge is -2.12. The molecule has 24 heavy (non-hydrogen) atoms. The molecule has 0 amide bonds. The molecule has 2 nitrogen and oxygen atoms in total. The molecule has 0 radical (unpaired) electrons. The van der Waals surface area contributed by atoms with E-state index in [4.69, 9.17) is 4.74 Å². The molecule has 0 saturated heterocycles. The highest BCUT2D eigenvalue weighted by Crippen LogP contribution is 2.23. The minimum Gasteiger partial charge on any atom is -0.463 e. The smallest absolute Gasteiger partial charge is 0.333 e. The predicted octanol–water partition coefficient (Wildman–Crippen LogP) is 7.12. The van der Waals surface area contributed by atoms with E-state index < -0.39 is 0 Å². The Kier molecular flexibility index (Phi) is 12.9. The van der Waals surface area contributed by atoms with Crippen LogP contribution in [0.1, 0.15) is 117 Å². The van der Waals surface area contributed by atoms with E-state index in [0.29, 0.717) is 6.61 Å². The lowest BCUT2D eigenvalue weighted by molar-refractivity contribution is -0.138. The van der Waals surface area contributed by atoms with Crippen LogP contribution in [0.15, 0.2) is 11.1 Å². The highest BCUT2D eigenvalue weighted by atomic mass is 16.5. The van der Waals surface area contributed by atoms with Gasteiger partial charge in [0.25, 0.3) is 0 Å². The van der Waals surface area contributed by atoms with Gasteiger partial charge in [-0.2, -0.15) is 0 Å². The fourth-order valence-corrected chi connectivity index (χ4v) is 3.68. The molecule has 0 aromatic rings. The van der Waals surface area contributed by atoms with Gasteiger partial charge in [-0.1, -0.05) is 82.6 Å². The van der Waals surface area contributed by atoms with Crippen LogP contribution in [0, 0.1) is 0 Å². The van der Waals surface area contributed by atoms with Crippen LogP contribution in [-0.2, 0) is 9.53 Å².